The Labute approximate surface area is 153 Å². The third-order valence-corrected chi connectivity index (χ3v) is 4.31. The molecule has 3 rings (SSSR count). The van der Waals surface area contributed by atoms with Gasteiger partial charge in [0.15, 0.2) is 5.82 Å². The summed E-state index contributed by atoms with van der Waals surface area (Å²) in [4.78, 5) is 8.85. The lowest BCUT2D eigenvalue weighted by atomic mass is 10.0. The van der Waals surface area contributed by atoms with Crippen molar-refractivity contribution >= 4 is 5.82 Å². The van der Waals surface area contributed by atoms with Crippen molar-refractivity contribution in [3.8, 4) is 28.3 Å². The molecule has 0 aliphatic rings. The van der Waals surface area contributed by atoms with E-state index in [0.29, 0.717) is 23.8 Å². The molecule has 1 atom stereocenters. The van der Waals surface area contributed by atoms with E-state index < -0.39 is 0 Å². The Balaban J connectivity index is 1.92. The van der Waals surface area contributed by atoms with Gasteiger partial charge in [-0.05, 0) is 42.7 Å². The van der Waals surface area contributed by atoms with Crippen LogP contribution in [0.25, 0.3) is 22.5 Å². The van der Waals surface area contributed by atoms with Crippen LogP contribution in [0.3, 0.4) is 0 Å². The van der Waals surface area contributed by atoms with Crippen molar-refractivity contribution in [2.75, 3.05) is 11.9 Å². The van der Waals surface area contributed by atoms with E-state index >= 15 is 0 Å². The van der Waals surface area contributed by atoms with Crippen molar-refractivity contribution in [1.82, 2.24) is 9.97 Å². The molecule has 5 nitrogen and oxygen atoms in total. The lowest BCUT2D eigenvalue weighted by Gasteiger charge is -2.12. The average Bonchev–Trinajstić information content (AvgIpc) is 2.66. The molecule has 0 unspecified atom stereocenters. The Bertz CT molecular complexity index is 895. The predicted octanol–water partition coefficient (Wildman–Crippen LogP) is 3.97. The van der Waals surface area contributed by atoms with Crippen LogP contribution in [0.5, 0.6) is 5.75 Å². The molecule has 0 saturated carbocycles. The molecule has 2 aromatic carbocycles. The Morgan fingerprint density at radius 3 is 2.69 bits per heavy atom. The van der Waals surface area contributed by atoms with Gasteiger partial charge in [-0.1, -0.05) is 42.8 Å². The molecule has 1 heterocycles. The van der Waals surface area contributed by atoms with E-state index in [2.05, 4.69) is 34.3 Å². The largest absolute Gasteiger partial charge is 0.507 e. The summed E-state index contributed by atoms with van der Waals surface area (Å²) < 4.78 is 0. The summed E-state index contributed by atoms with van der Waals surface area (Å²) >= 11 is 0. The molecule has 0 bridgehead atoms. The smallest absolute Gasteiger partial charge is 0.165 e. The number of nitrogens with two attached hydrogens (primary N) is 1. The highest BCUT2D eigenvalue weighted by molar-refractivity contribution is 5.75. The fourth-order valence-electron chi connectivity index (χ4n) is 2.69. The van der Waals surface area contributed by atoms with Crippen molar-refractivity contribution in [2.24, 2.45) is 5.73 Å². The van der Waals surface area contributed by atoms with Gasteiger partial charge in [-0.25, -0.2) is 9.97 Å². The number of aromatic nitrogens is 2. The van der Waals surface area contributed by atoms with Gasteiger partial charge in [0.2, 0.25) is 0 Å². The van der Waals surface area contributed by atoms with Gasteiger partial charge in [0.25, 0.3) is 0 Å². The quantitative estimate of drug-likeness (QED) is 0.628. The van der Waals surface area contributed by atoms with Gasteiger partial charge >= 0.3 is 0 Å². The molecular formula is C21H24N4O. The average molecular weight is 348 g/mol. The van der Waals surface area contributed by atoms with Gasteiger partial charge in [0.1, 0.15) is 11.6 Å². The SMILES string of the molecule is CC[C@H](N)CNc1ccnc(-c2cc(-c3cccc(C)c3)ccc2O)n1. The lowest BCUT2D eigenvalue weighted by Crippen LogP contribution is -2.28. The van der Waals surface area contributed by atoms with Crippen LogP contribution >= 0.6 is 0 Å². The molecule has 0 fully saturated rings. The normalized spacial score (nSPS) is 12.0. The molecule has 3 aromatic rings. The predicted molar refractivity (Wildman–Crippen MR) is 106 cm³/mol. The Kier molecular flexibility index (Phi) is 5.49. The second-order valence-electron chi connectivity index (χ2n) is 6.42. The van der Waals surface area contributed by atoms with Gasteiger partial charge in [-0.3, -0.25) is 0 Å². The molecule has 4 N–H and O–H groups in total. The number of rotatable bonds is 6. The first-order valence-corrected chi connectivity index (χ1v) is 8.79. The molecule has 134 valence electrons. The van der Waals surface area contributed by atoms with Crippen LogP contribution < -0.4 is 11.1 Å². The van der Waals surface area contributed by atoms with E-state index in [1.165, 1.54) is 5.56 Å². The first-order chi connectivity index (χ1) is 12.6. The minimum Gasteiger partial charge on any atom is -0.507 e. The summed E-state index contributed by atoms with van der Waals surface area (Å²) in [6.07, 6.45) is 2.57. The molecule has 0 aliphatic heterocycles. The zero-order valence-electron chi connectivity index (χ0n) is 15.1. The molecule has 1 aromatic heterocycles. The van der Waals surface area contributed by atoms with E-state index in [1.807, 2.05) is 31.2 Å². The third-order valence-electron chi connectivity index (χ3n) is 4.31. The zero-order chi connectivity index (χ0) is 18.5. The van der Waals surface area contributed by atoms with Crippen molar-refractivity contribution in [1.29, 1.82) is 0 Å². The van der Waals surface area contributed by atoms with Crippen LogP contribution in [0.2, 0.25) is 0 Å². The fraction of sp³-hybridized carbons (Fsp3) is 0.238. The summed E-state index contributed by atoms with van der Waals surface area (Å²) in [6, 6.07) is 15.6. The molecule has 0 amide bonds. The molecule has 0 aliphatic carbocycles. The minimum absolute atomic E-state index is 0.0754. The van der Waals surface area contributed by atoms with Gasteiger partial charge in [-0.2, -0.15) is 0 Å². The summed E-state index contributed by atoms with van der Waals surface area (Å²) in [7, 11) is 0. The van der Waals surface area contributed by atoms with Gasteiger partial charge in [-0.15, -0.1) is 0 Å². The molecule has 26 heavy (non-hydrogen) atoms. The Morgan fingerprint density at radius 1 is 1.12 bits per heavy atom. The standard InChI is InChI=1S/C21H24N4O/c1-3-17(22)13-24-20-9-10-23-21(25-20)18-12-16(7-8-19(18)26)15-6-4-5-14(2)11-15/h4-12,17,26H,3,13,22H2,1-2H3,(H,23,24,25)/t17-/m0/s1. The number of hydrogen-bond acceptors (Lipinski definition) is 5. The fourth-order valence-corrected chi connectivity index (χ4v) is 2.69. The number of anilines is 1. The van der Waals surface area contributed by atoms with Crippen LogP contribution in [-0.4, -0.2) is 27.7 Å². The van der Waals surface area contributed by atoms with Crippen molar-refractivity contribution in [2.45, 2.75) is 26.3 Å². The van der Waals surface area contributed by atoms with Crippen LogP contribution in [-0.2, 0) is 0 Å². The van der Waals surface area contributed by atoms with Gasteiger partial charge in [0, 0.05) is 18.8 Å². The van der Waals surface area contributed by atoms with Crippen molar-refractivity contribution in [3.05, 3.63) is 60.3 Å². The maximum Gasteiger partial charge on any atom is 0.165 e. The summed E-state index contributed by atoms with van der Waals surface area (Å²) in [5.41, 5.74) is 9.84. The molecule has 0 radical (unpaired) electrons. The minimum atomic E-state index is 0.0754. The Hall–Kier alpha value is -2.92. The Morgan fingerprint density at radius 2 is 1.92 bits per heavy atom. The van der Waals surface area contributed by atoms with E-state index in [-0.39, 0.29) is 11.8 Å². The second-order valence-corrected chi connectivity index (χ2v) is 6.42. The number of aryl methyl sites for hydroxylation is 1. The second kappa shape index (κ2) is 7.97. The zero-order valence-corrected chi connectivity index (χ0v) is 15.1. The van der Waals surface area contributed by atoms with E-state index in [1.54, 1.807) is 18.3 Å². The molecule has 0 spiro atoms. The highest BCUT2D eigenvalue weighted by Crippen LogP contribution is 2.32. The lowest BCUT2D eigenvalue weighted by molar-refractivity contribution is 0.477. The maximum atomic E-state index is 10.3. The molecule has 0 saturated heterocycles. The summed E-state index contributed by atoms with van der Waals surface area (Å²) in [5.74, 6) is 1.33. The number of nitrogens with one attached hydrogen (secondary N) is 1. The highest BCUT2D eigenvalue weighted by atomic mass is 16.3. The summed E-state index contributed by atoms with van der Waals surface area (Å²) in [6.45, 7) is 4.75. The highest BCUT2D eigenvalue weighted by Gasteiger charge is 2.11. The van der Waals surface area contributed by atoms with Crippen LogP contribution in [0.15, 0.2) is 54.7 Å². The topological polar surface area (TPSA) is 84.1 Å². The molecular weight excluding hydrogens is 324 g/mol. The number of hydrogen-bond donors (Lipinski definition) is 3. The summed E-state index contributed by atoms with van der Waals surface area (Å²) in [5, 5.41) is 13.5. The number of phenolic OH excluding ortho intramolecular Hbond substituents is 1. The van der Waals surface area contributed by atoms with Crippen LogP contribution in [0, 0.1) is 6.92 Å². The van der Waals surface area contributed by atoms with Crippen molar-refractivity contribution in [3.63, 3.8) is 0 Å². The van der Waals surface area contributed by atoms with Crippen LogP contribution in [0.1, 0.15) is 18.9 Å². The van der Waals surface area contributed by atoms with E-state index in [0.717, 1.165) is 17.5 Å². The third kappa shape index (κ3) is 4.18. The number of aromatic hydroxyl groups is 1. The van der Waals surface area contributed by atoms with E-state index in [9.17, 15) is 5.11 Å². The maximum absolute atomic E-state index is 10.3. The first-order valence-electron chi connectivity index (χ1n) is 8.79. The first kappa shape index (κ1) is 17.9. The van der Waals surface area contributed by atoms with E-state index in [4.69, 9.17) is 5.73 Å². The monoisotopic (exact) mass is 348 g/mol. The van der Waals surface area contributed by atoms with Crippen molar-refractivity contribution < 1.29 is 5.11 Å². The number of phenols is 1. The van der Waals surface area contributed by atoms with Crippen LogP contribution in [0.4, 0.5) is 5.82 Å². The van der Waals surface area contributed by atoms with Gasteiger partial charge in [0.05, 0.1) is 5.56 Å². The van der Waals surface area contributed by atoms with Gasteiger partial charge < -0.3 is 16.2 Å². The molecule has 5 heteroatoms. The number of benzene rings is 2. The number of nitrogens with zero attached hydrogens (tertiary/aromatic N) is 2.